The molecule has 1 amide bonds. The second-order valence-electron chi connectivity index (χ2n) is 12.2. The molecule has 3 fully saturated rings. The van der Waals surface area contributed by atoms with Gasteiger partial charge in [-0.3, -0.25) is 9.78 Å². The molecule has 7 nitrogen and oxygen atoms in total. The Bertz CT molecular complexity index is 1370. The Morgan fingerprint density at radius 1 is 1.15 bits per heavy atom. The van der Waals surface area contributed by atoms with Gasteiger partial charge in [-0.05, 0) is 100 Å². The standard InChI is InChI=1S/C32H41FN4O3/c1-21-16-34-17-30-31(21)25(14-24-7-11-35(19-24)18-23-8-12-40-13-9-23)20-37(30)29-6-5-26(33)15-27(29)32(39)36-10-3-4-28(36)22(2)38/h5-6,15-17,20,22-24,28,38H,3-4,7-14,18-19H2,1-2H3/t22?,24-,28?/m0/s1. The number of aryl methyl sites for hydroxylation is 1. The molecule has 3 atom stereocenters. The maximum Gasteiger partial charge on any atom is 0.256 e. The highest BCUT2D eigenvalue weighted by Crippen LogP contribution is 2.34. The number of ether oxygens (including phenoxy) is 1. The Balaban J connectivity index is 1.30. The molecule has 3 aliphatic heterocycles. The van der Waals surface area contributed by atoms with Gasteiger partial charge in [0.25, 0.3) is 5.91 Å². The van der Waals surface area contributed by atoms with Gasteiger partial charge in [0.15, 0.2) is 0 Å². The van der Waals surface area contributed by atoms with E-state index in [-0.39, 0.29) is 11.9 Å². The average molecular weight is 549 g/mol. The molecular weight excluding hydrogens is 507 g/mol. The van der Waals surface area contributed by atoms with Crippen molar-refractivity contribution >= 4 is 16.8 Å². The summed E-state index contributed by atoms with van der Waals surface area (Å²) in [6.07, 6.45) is 11.3. The Hall–Kier alpha value is -2.81. The van der Waals surface area contributed by atoms with Crippen LogP contribution in [-0.4, -0.2) is 81.9 Å². The average Bonchev–Trinajstić information content (AvgIpc) is 3.69. The van der Waals surface area contributed by atoms with Crippen molar-refractivity contribution in [1.82, 2.24) is 19.4 Å². The number of hydrogen-bond donors (Lipinski definition) is 1. The fourth-order valence-electron chi connectivity index (χ4n) is 7.24. The normalized spacial score (nSPS) is 23.4. The second-order valence-corrected chi connectivity index (χ2v) is 12.2. The van der Waals surface area contributed by atoms with Crippen molar-refractivity contribution in [2.24, 2.45) is 11.8 Å². The van der Waals surface area contributed by atoms with Gasteiger partial charge in [0.1, 0.15) is 5.82 Å². The van der Waals surface area contributed by atoms with Gasteiger partial charge in [0, 0.05) is 50.6 Å². The van der Waals surface area contributed by atoms with Gasteiger partial charge < -0.3 is 24.2 Å². The third kappa shape index (κ3) is 5.41. The number of pyridine rings is 1. The van der Waals surface area contributed by atoms with E-state index in [1.54, 1.807) is 17.9 Å². The van der Waals surface area contributed by atoms with Gasteiger partial charge in [0.05, 0.1) is 35.1 Å². The minimum absolute atomic E-state index is 0.235. The van der Waals surface area contributed by atoms with E-state index in [0.29, 0.717) is 23.7 Å². The number of benzene rings is 1. The highest BCUT2D eigenvalue weighted by Gasteiger charge is 2.34. The Morgan fingerprint density at radius 3 is 2.77 bits per heavy atom. The number of rotatable bonds is 7. The minimum atomic E-state index is -0.633. The first-order valence-corrected chi connectivity index (χ1v) is 14.9. The lowest BCUT2D eigenvalue weighted by Crippen LogP contribution is -2.42. The van der Waals surface area contributed by atoms with Crippen LogP contribution in [0.1, 0.15) is 60.5 Å². The quantitative estimate of drug-likeness (QED) is 0.462. The maximum absolute atomic E-state index is 14.6. The summed E-state index contributed by atoms with van der Waals surface area (Å²) in [5.41, 5.74) is 4.26. The van der Waals surface area contributed by atoms with Crippen LogP contribution in [0, 0.1) is 24.6 Å². The van der Waals surface area contributed by atoms with Crippen LogP contribution in [0.25, 0.3) is 16.6 Å². The van der Waals surface area contributed by atoms with Gasteiger partial charge in [-0.1, -0.05) is 0 Å². The van der Waals surface area contributed by atoms with Gasteiger partial charge in [-0.25, -0.2) is 4.39 Å². The van der Waals surface area contributed by atoms with Crippen molar-refractivity contribution in [3.05, 3.63) is 59.3 Å². The van der Waals surface area contributed by atoms with Gasteiger partial charge in [0.2, 0.25) is 0 Å². The van der Waals surface area contributed by atoms with E-state index in [1.807, 2.05) is 17.0 Å². The molecule has 6 rings (SSSR count). The van der Waals surface area contributed by atoms with Crippen LogP contribution in [0.2, 0.25) is 0 Å². The highest BCUT2D eigenvalue weighted by atomic mass is 19.1. The lowest BCUT2D eigenvalue weighted by Gasteiger charge is -2.27. The Labute approximate surface area is 235 Å². The smallest absolute Gasteiger partial charge is 0.256 e. The second kappa shape index (κ2) is 11.6. The topological polar surface area (TPSA) is 70.8 Å². The molecule has 0 saturated carbocycles. The van der Waals surface area contributed by atoms with E-state index in [2.05, 4.69) is 23.0 Å². The molecule has 0 aliphatic carbocycles. The molecule has 2 aromatic heterocycles. The molecule has 0 bridgehead atoms. The molecule has 3 saturated heterocycles. The van der Waals surface area contributed by atoms with Crippen molar-refractivity contribution < 1.29 is 19.0 Å². The Morgan fingerprint density at radius 2 is 1.98 bits per heavy atom. The van der Waals surface area contributed by atoms with E-state index < -0.39 is 11.9 Å². The predicted octanol–water partition coefficient (Wildman–Crippen LogP) is 4.75. The van der Waals surface area contributed by atoms with Crippen molar-refractivity contribution in [2.75, 3.05) is 39.4 Å². The zero-order valence-corrected chi connectivity index (χ0v) is 23.7. The third-order valence-electron chi connectivity index (χ3n) is 9.28. The van der Waals surface area contributed by atoms with Crippen molar-refractivity contribution in [3.8, 4) is 5.69 Å². The number of likely N-dealkylation sites (tertiary alicyclic amines) is 2. The Kier molecular flexibility index (Phi) is 7.93. The largest absolute Gasteiger partial charge is 0.391 e. The molecule has 0 spiro atoms. The van der Waals surface area contributed by atoms with Crippen LogP contribution < -0.4 is 0 Å². The summed E-state index contributed by atoms with van der Waals surface area (Å²) in [6, 6.07) is 4.21. The monoisotopic (exact) mass is 548 g/mol. The molecule has 8 heteroatoms. The van der Waals surface area contributed by atoms with Gasteiger partial charge in [-0.2, -0.15) is 0 Å². The molecule has 2 unspecified atom stereocenters. The van der Waals surface area contributed by atoms with Crippen LogP contribution >= 0.6 is 0 Å². The van der Waals surface area contributed by atoms with Crippen LogP contribution in [0.15, 0.2) is 36.8 Å². The summed E-state index contributed by atoms with van der Waals surface area (Å²) in [5, 5.41) is 11.5. The van der Waals surface area contributed by atoms with Crippen molar-refractivity contribution in [3.63, 3.8) is 0 Å². The molecule has 40 heavy (non-hydrogen) atoms. The van der Waals surface area contributed by atoms with E-state index in [4.69, 9.17) is 4.74 Å². The first kappa shape index (κ1) is 27.4. The van der Waals surface area contributed by atoms with E-state index in [0.717, 1.165) is 82.0 Å². The number of fused-ring (bicyclic) bond motifs is 1. The zero-order chi connectivity index (χ0) is 27.8. The number of nitrogens with zero attached hydrogens (tertiary/aromatic N) is 4. The summed E-state index contributed by atoms with van der Waals surface area (Å²) >= 11 is 0. The number of carbonyl (C=O) groups excluding carboxylic acids is 1. The summed E-state index contributed by atoms with van der Waals surface area (Å²) < 4.78 is 22.1. The van der Waals surface area contributed by atoms with Crippen LogP contribution in [0.3, 0.4) is 0 Å². The lowest BCUT2D eigenvalue weighted by molar-refractivity contribution is 0.0537. The number of hydrogen-bond acceptors (Lipinski definition) is 5. The fourth-order valence-corrected chi connectivity index (χ4v) is 7.24. The molecule has 1 aromatic carbocycles. The summed E-state index contributed by atoms with van der Waals surface area (Å²) in [5.74, 6) is 0.626. The van der Waals surface area contributed by atoms with Crippen molar-refractivity contribution in [2.45, 2.75) is 64.5 Å². The molecule has 1 N–H and O–H groups in total. The molecule has 3 aliphatic rings. The molecule has 3 aromatic rings. The van der Waals surface area contributed by atoms with E-state index in [9.17, 15) is 14.3 Å². The fraction of sp³-hybridized carbons (Fsp3) is 0.562. The van der Waals surface area contributed by atoms with Crippen molar-refractivity contribution in [1.29, 1.82) is 0 Å². The predicted molar refractivity (Wildman–Crippen MR) is 153 cm³/mol. The first-order valence-electron chi connectivity index (χ1n) is 14.9. The highest BCUT2D eigenvalue weighted by molar-refractivity contribution is 5.99. The zero-order valence-electron chi connectivity index (χ0n) is 23.7. The molecule has 5 heterocycles. The maximum atomic E-state index is 14.6. The number of aliphatic hydroxyl groups excluding tert-OH is 1. The number of halogens is 1. The molecule has 214 valence electrons. The minimum Gasteiger partial charge on any atom is -0.391 e. The van der Waals surface area contributed by atoms with Gasteiger partial charge >= 0.3 is 0 Å². The number of aliphatic hydroxyl groups is 1. The van der Waals surface area contributed by atoms with E-state index >= 15 is 0 Å². The number of amides is 1. The summed E-state index contributed by atoms with van der Waals surface area (Å²) in [6.45, 7) is 9.55. The third-order valence-corrected chi connectivity index (χ3v) is 9.28. The number of carbonyl (C=O) groups is 1. The molecule has 0 radical (unpaired) electrons. The van der Waals surface area contributed by atoms with Crippen LogP contribution in [0.5, 0.6) is 0 Å². The SMILES string of the molecule is Cc1cncc2c1c(C[C@@H]1CCN(CC3CCOCC3)C1)cn2-c1ccc(F)cc1C(=O)N1CCCC1C(C)O. The van der Waals surface area contributed by atoms with Crippen LogP contribution in [-0.2, 0) is 11.2 Å². The molecular formula is C32H41FN4O3. The first-order chi connectivity index (χ1) is 19.4. The lowest BCUT2D eigenvalue weighted by atomic mass is 9.97. The summed E-state index contributed by atoms with van der Waals surface area (Å²) in [4.78, 5) is 22.6. The van der Waals surface area contributed by atoms with Crippen LogP contribution in [0.4, 0.5) is 4.39 Å². The van der Waals surface area contributed by atoms with E-state index in [1.165, 1.54) is 29.5 Å². The number of aromatic nitrogens is 2. The summed E-state index contributed by atoms with van der Waals surface area (Å²) in [7, 11) is 0. The van der Waals surface area contributed by atoms with Gasteiger partial charge in [-0.15, -0.1) is 0 Å².